The maximum Gasteiger partial charge on any atom is 0.253 e. The molecular weight excluding hydrogens is 517 g/mol. The fourth-order valence-corrected chi connectivity index (χ4v) is 2.68. The lowest BCUT2D eigenvalue weighted by Crippen LogP contribution is -2.39. The maximum atomic E-state index is 13.6. The van der Waals surface area contributed by atoms with Gasteiger partial charge < -0.3 is 20.3 Å². The van der Waals surface area contributed by atoms with Crippen LogP contribution in [0.4, 0.5) is 8.78 Å². The predicted molar refractivity (Wildman–Crippen MR) is 129 cm³/mol. The number of hydrogen-bond acceptors (Lipinski definition) is 3. The highest BCUT2D eigenvalue weighted by Crippen LogP contribution is 2.17. The Kier molecular flexibility index (Phi) is 11.8. The molecule has 0 spiro atoms. The molecule has 0 aliphatic heterocycles. The summed E-state index contributed by atoms with van der Waals surface area (Å²) in [6, 6.07) is 10.7. The number of aliphatic imine (C=N–C) groups is 1. The lowest BCUT2D eigenvalue weighted by molar-refractivity contribution is 0.0827. The van der Waals surface area contributed by atoms with Gasteiger partial charge in [-0.1, -0.05) is 12.1 Å². The molecule has 0 heterocycles. The number of nitrogens with zero attached hydrogens (tertiary/aromatic N) is 2. The second-order valence-electron chi connectivity index (χ2n) is 6.76. The zero-order chi connectivity index (χ0) is 21.9. The van der Waals surface area contributed by atoms with Crippen molar-refractivity contribution in [3.8, 4) is 5.75 Å². The molecule has 0 aromatic heterocycles. The molecule has 2 rings (SSSR count). The van der Waals surface area contributed by atoms with E-state index in [4.69, 9.17) is 4.74 Å². The summed E-state index contributed by atoms with van der Waals surface area (Å²) < 4.78 is 31.8. The van der Waals surface area contributed by atoms with Crippen LogP contribution in [0.5, 0.6) is 5.75 Å². The van der Waals surface area contributed by atoms with Gasteiger partial charge in [-0.15, -0.1) is 24.0 Å². The first-order valence-corrected chi connectivity index (χ1v) is 9.81. The third kappa shape index (κ3) is 9.07. The standard InChI is InChI=1S/C22H28F2N4O2.HI/c1-4-25-22(27-12-13-30-20-9-8-18(23)15-19(20)24)26-11-10-16-6-5-7-17(14-16)21(29)28(2)3;/h5-9,14-15H,4,10-13H2,1-3H3,(H2,25,26,27);1H. The van der Waals surface area contributed by atoms with Gasteiger partial charge in [-0.2, -0.15) is 0 Å². The van der Waals surface area contributed by atoms with E-state index in [1.54, 1.807) is 25.1 Å². The molecule has 2 aromatic carbocycles. The van der Waals surface area contributed by atoms with Crippen molar-refractivity contribution in [3.05, 3.63) is 65.2 Å². The minimum atomic E-state index is -0.731. The molecule has 2 aromatic rings. The zero-order valence-corrected chi connectivity index (χ0v) is 20.3. The highest BCUT2D eigenvalue weighted by Gasteiger charge is 2.08. The summed E-state index contributed by atoms with van der Waals surface area (Å²) in [5.41, 5.74) is 1.68. The van der Waals surface area contributed by atoms with Crippen LogP contribution in [0.15, 0.2) is 47.5 Å². The molecular formula is C22H29F2IN4O2. The van der Waals surface area contributed by atoms with Crippen molar-refractivity contribution in [2.24, 2.45) is 4.99 Å². The first-order chi connectivity index (χ1) is 14.4. The van der Waals surface area contributed by atoms with E-state index in [2.05, 4.69) is 15.6 Å². The summed E-state index contributed by atoms with van der Waals surface area (Å²) in [5.74, 6) is -0.789. The highest BCUT2D eigenvalue weighted by molar-refractivity contribution is 14.0. The second-order valence-corrected chi connectivity index (χ2v) is 6.76. The number of ether oxygens (including phenoxy) is 1. The fourth-order valence-electron chi connectivity index (χ4n) is 2.68. The first kappa shape index (κ1) is 26.6. The quantitative estimate of drug-likeness (QED) is 0.219. The third-order valence-corrected chi connectivity index (χ3v) is 4.14. The van der Waals surface area contributed by atoms with E-state index in [1.807, 2.05) is 25.1 Å². The zero-order valence-electron chi connectivity index (χ0n) is 18.0. The van der Waals surface area contributed by atoms with Crippen LogP contribution in [0.3, 0.4) is 0 Å². The van der Waals surface area contributed by atoms with Crippen LogP contribution in [0.2, 0.25) is 0 Å². The van der Waals surface area contributed by atoms with Gasteiger partial charge in [-0.25, -0.2) is 8.78 Å². The van der Waals surface area contributed by atoms with E-state index >= 15 is 0 Å². The molecule has 0 fully saturated rings. The number of nitrogens with one attached hydrogen (secondary N) is 2. The summed E-state index contributed by atoms with van der Waals surface area (Å²) in [7, 11) is 3.45. The second kappa shape index (κ2) is 13.8. The van der Waals surface area contributed by atoms with E-state index in [0.717, 1.165) is 17.7 Å². The summed E-state index contributed by atoms with van der Waals surface area (Å²) in [5, 5.41) is 6.24. The lowest BCUT2D eigenvalue weighted by Gasteiger charge is -2.13. The van der Waals surface area contributed by atoms with Crippen molar-refractivity contribution in [3.63, 3.8) is 0 Å². The molecule has 1 amide bonds. The molecule has 0 aliphatic carbocycles. The Morgan fingerprint density at radius 1 is 1.13 bits per heavy atom. The Hall–Kier alpha value is -2.43. The van der Waals surface area contributed by atoms with Crippen molar-refractivity contribution in [2.75, 3.05) is 40.3 Å². The summed E-state index contributed by atoms with van der Waals surface area (Å²) in [4.78, 5) is 18.1. The van der Waals surface area contributed by atoms with Crippen LogP contribution >= 0.6 is 24.0 Å². The van der Waals surface area contributed by atoms with Crippen molar-refractivity contribution in [2.45, 2.75) is 13.3 Å². The molecule has 0 atom stereocenters. The van der Waals surface area contributed by atoms with Gasteiger partial charge in [0.15, 0.2) is 17.5 Å². The van der Waals surface area contributed by atoms with E-state index in [-0.39, 0.29) is 42.2 Å². The topological polar surface area (TPSA) is 66.0 Å². The smallest absolute Gasteiger partial charge is 0.253 e. The average molecular weight is 546 g/mol. The van der Waals surface area contributed by atoms with Gasteiger partial charge in [0.05, 0.1) is 6.54 Å². The number of benzene rings is 2. The number of hydrogen-bond donors (Lipinski definition) is 2. The largest absolute Gasteiger partial charge is 0.489 e. The van der Waals surface area contributed by atoms with Crippen molar-refractivity contribution in [1.82, 2.24) is 15.5 Å². The summed E-state index contributed by atoms with van der Waals surface area (Å²) in [6.45, 7) is 3.77. The van der Waals surface area contributed by atoms with Gasteiger partial charge in [0.25, 0.3) is 5.91 Å². The normalized spacial score (nSPS) is 10.8. The van der Waals surface area contributed by atoms with Crippen LogP contribution in [-0.4, -0.2) is 57.1 Å². The number of guanidine groups is 1. The third-order valence-electron chi connectivity index (χ3n) is 4.14. The monoisotopic (exact) mass is 546 g/mol. The van der Waals surface area contributed by atoms with Gasteiger partial charge in [0.2, 0.25) is 0 Å². The Morgan fingerprint density at radius 2 is 1.90 bits per heavy atom. The number of halogens is 3. The molecule has 170 valence electrons. The number of carbonyl (C=O) groups is 1. The van der Waals surface area contributed by atoms with Crippen LogP contribution in [-0.2, 0) is 6.42 Å². The van der Waals surface area contributed by atoms with Crippen molar-refractivity contribution in [1.29, 1.82) is 0 Å². The minimum Gasteiger partial charge on any atom is -0.489 e. The van der Waals surface area contributed by atoms with E-state index < -0.39 is 11.6 Å². The van der Waals surface area contributed by atoms with Gasteiger partial charge in [-0.3, -0.25) is 9.79 Å². The van der Waals surface area contributed by atoms with Crippen molar-refractivity contribution >= 4 is 35.8 Å². The molecule has 2 N–H and O–H groups in total. The van der Waals surface area contributed by atoms with Gasteiger partial charge in [0, 0.05) is 38.8 Å². The molecule has 6 nitrogen and oxygen atoms in total. The number of carbonyl (C=O) groups excluding carboxylic acids is 1. The Balaban J connectivity index is 0.00000480. The van der Waals surface area contributed by atoms with Gasteiger partial charge >= 0.3 is 0 Å². The SMILES string of the molecule is CCNC(=NCCc1cccc(C(=O)N(C)C)c1)NCCOc1ccc(F)cc1F.I. The summed E-state index contributed by atoms with van der Waals surface area (Å²) in [6.07, 6.45) is 0.683. The predicted octanol–water partition coefficient (Wildman–Crippen LogP) is 3.46. The molecule has 9 heteroatoms. The van der Waals surface area contributed by atoms with Crippen LogP contribution < -0.4 is 15.4 Å². The highest BCUT2D eigenvalue weighted by atomic mass is 127. The van der Waals surface area contributed by atoms with Crippen LogP contribution in [0.1, 0.15) is 22.8 Å². The molecule has 0 radical (unpaired) electrons. The van der Waals surface area contributed by atoms with Crippen LogP contribution in [0.25, 0.3) is 0 Å². The molecule has 0 saturated carbocycles. The van der Waals surface area contributed by atoms with E-state index in [9.17, 15) is 13.6 Å². The summed E-state index contributed by atoms with van der Waals surface area (Å²) >= 11 is 0. The first-order valence-electron chi connectivity index (χ1n) is 9.81. The van der Waals surface area contributed by atoms with E-state index in [0.29, 0.717) is 37.6 Å². The molecule has 0 aliphatic rings. The molecule has 31 heavy (non-hydrogen) atoms. The average Bonchev–Trinajstić information content (AvgIpc) is 2.72. The van der Waals surface area contributed by atoms with Crippen LogP contribution in [0, 0.1) is 11.6 Å². The fraction of sp³-hybridized carbons (Fsp3) is 0.364. The Labute approximate surface area is 199 Å². The molecule has 0 saturated heterocycles. The van der Waals surface area contributed by atoms with E-state index in [1.165, 1.54) is 6.07 Å². The van der Waals surface area contributed by atoms with Gasteiger partial charge in [-0.05, 0) is 43.2 Å². The number of rotatable bonds is 9. The van der Waals surface area contributed by atoms with Crippen molar-refractivity contribution < 1.29 is 18.3 Å². The minimum absolute atomic E-state index is 0. The Morgan fingerprint density at radius 3 is 2.58 bits per heavy atom. The maximum absolute atomic E-state index is 13.6. The van der Waals surface area contributed by atoms with Gasteiger partial charge in [0.1, 0.15) is 12.4 Å². The number of amides is 1. The molecule has 0 unspecified atom stereocenters. The Bertz CT molecular complexity index is 878. The lowest BCUT2D eigenvalue weighted by atomic mass is 10.1. The molecule has 0 bridgehead atoms.